The summed E-state index contributed by atoms with van der Waals surface area (Å²) in [6.45, 7) is 17.4. The lowest BCUT2D eigenvalue weighted by atomic mass is 9.76. The number of hydrogen-bond donors (Lipinski definition) is 5. The van der Waals surface area contributed by atoms with Crippen molar-refractivity contribution in [2.24, 2.45) is 31.3 Å². The van der Waals surface area contributed by atoms with Crippen molar-refractivity contribution in [2.45, 2.75) is 96.0 Å². The molecule has 0 saturated heterocycles. The molecule has 0 saturated carbocycles. The number of fused-ring (bicyclic) bond motifs is 2. The van der Waals surface area contributed by atoms with Gasteiger partial charge in [0.1, 0.15) is 32.7 Å². The third-order valence-corrected chi connectivity index (χ3v) is 17.5. The molecule has 0 atom stereocenters. The summed E-state index contributed by atoms with van der Waals surface area (Å²) >= 11 is 2.79. The number of benzene rings is 2. The van der Waals surface area contributed by atoms with Crippen LogP contribution in [0, 0.1) is 10.8 Å². The van der Waals surface area contributed by atoms with E-state index in [1.165, 1.54) is 14.2 Å². The normalized spacial score (nSPS) is 15.4. The highest BCUT2D eigenvalue weighted by molar-refractivity contribution is 7.99. The Kier molecular flexibility index (Phi) is 16.9. The summed E-state index contributed by atoms with van der Waals surface area (Å²) in [5, 5.41) is 33.8. The number of aromatic nitrogens is 3. The molecule has 2 aliphatic rings. The van der Waals surface area contributed by atoms with E-state index >= 15 is 0 Å². The van der Waals surface area contributed by atoms with Crippen molar-refractivity contribution in [3.8, 4) is 11.5 Å². The van der Waals surface area contributed by atoms with Crippen LogP contribution in [0.25, 0.3) is 0 Å². The number of aliphatic hydroxyl groups excluding tert-OH is 1. The van der Waals surface area contributed by atoms with Gasteiger partial charge in [0.25, 0.3) is 20.2 Å². The molecule has 27 heteroatoms. The number of thiophene rings is 2. The summed E-state index contributed by atoms with van der Waals surface area (Å²) in [4.78, 5) is 44.1. The second kappa shape index (κ2) is 22.3. The molecular weight excluding hydrogens is 1050 g/mol. The predicted octanol–water partition coefficient (Wildman–Crippen LogP) is 10.9. The van der Waals surface area contributed by atoms with Crippen LogP contribution in [0.2, 0.25) is 0 Å². The van der Waals surface area contributed by atoms with Crippen LogP contribution < -0.4 is 29.9 Å². The number of Topliss-reactive ketones (excluding diaryl/α,β-unsaturated/α-hetero) is 2. The van der Waals surface area contributed by atoms with E-state index in [0.717, 1.165) is 34.4 Å². The van der Waals surface area contributed by atoms with Gasteiger partial charge in [-0.25, -0.2) is 0 Å². The lowest BCUT2D eigenvalue weighted by Gasteiger charge is -2.28. The monoisotopic (exact) mass is 1110 g/mol. The first kappa shape index (κ1) is 56.1. The minimum absolute atomic E-state index is 0.0247. The number of nitrogens with one attached hydrogen (secondary N) is 2. The molecule has 3 aromatic heterocycles. The highest BCUT2D eigenvalue weighted by Crippen LogP contribution is 2.50. The topological polar surface area (TPSA) is 300 Å². The number of azo groups is 2. The fourth-order valence-electron chi connectivity index (χ4n) is 8.96. The van der Waals surface area contributed by atoms with Gasteiger partial charge in [-0.05, 0) is 74.6 Å². The number of nitrogens with zero attached hydrogens (tertiary/aromatic N) is 9. The summed E-state index contributed by atoms with van der Waals surface area (Å²) in [7, 11) is -6.75. The molecule has 398 valence electrons. The second-order valence-corrected chi connectivity index (χ2v) is 24.6. The number of hydrogen-bond acceptors (Lipinski definition) is 23. The van der Waals surface area contributed by atoms with E-state index in [1.54, 1.807) is 24.3 Å². The highest BCUT2D eigenvalue weighted by atomic mass is 32.2. The van der Waals surface area contributed by atoms with Gasteiger partial charge in [-0.2, -0.15) is 31.8 Å². The number of ketones is 2. The molecule has 3 heterocycles. The van der Waals surface area contributed by atoms with Gasteiger partial charge in [0.05, 0.1) is 53.3 Å². The van der Waals surface area contributed by atoms with Gasteiger partial charge in [-0.3, -0.25) is 18.7 Å². The van der Waals surface area contributed by atoms with Crippen LogP contribution in [0.3, 0.4) is 0 Å². The lowest BCUT2D eigenvalue weighted by Crippen LogP contribution is -2.26. The zero-order valence-corrected chi connectivity index (χ0v) is 46.6. The van der Waals surface area contributed by atoms with Crippen LogP contribution in [0.5, 0.6) is 11.5 Å². The van der Waals surface area contributed by atoms with Crippen LogP contribution in [-0.4, -0.2) is 110 Å². The smallest absolute Gasteiger partial charge is 0.297 e. The molecule has 22 nitrogen and oxygen atoms in total. The van der Waals surface area contributed by atoms with E-state index in [4.69, 9.17) is 14.5 Å². The maximum absolute atomic E-state index is 13.3. The number of carbonyl (C=O) groups excluding carboxylic acids is 2. The molecule has 0 spiro atoms. The number of methoxy groups -OCH3 is 2. The maximum atomic E-state index is 13.3. The number of rotatable bonds is 21. The molecule has 74 heavy (non-hydrogen) atoms. The predicted molar refractivity (Wildman–Crippen MR) is 287 cm³/mol. The number of aliphatic hydroxyl groups is 1. The van der Waals surface area contributed by atoms with Crippen LogP contribution >= 0.6 is 34.4 Å². The molecule has 0 fully saturated rings. The van der Waals surface area contributed by atoms with Crippen molar-refractivity contribution in [1.82, 2.24) is 15.0 Å². The molecule has 2 aromatic carbocycles. The summed E-state index contributed by atoms with van der Waals surface area (Å²) in [5.41, 5.74) is 1.35. The van der Waals surface area contributed by atoms with E-state index in [1.807, 2.05) is 65.2 Å². The van der Waals surface area contributed by atoms with Gasteiger partial charge in [-0.15, -0.1) is 43.1 Å². The number of carbonyl (C=O) groups is 2. The summed E-state index contributed by atoms with van der Waals surface area (Å²) < 4.78 is 84.4. The van der Waals surface area contributed by atoms with Crippen LogP contribution in [-0.2, 0) is 33.1 Å². The first-order valence-electron chi connectivity index (χ1n) is 23.5. The maximum Gasteiger partial charge on any atom is 0.297 e. The molecule has 0 aliphatic heterocycles. The summed E-state index contributed by atoms with van der Waals surface area (Å²) in [6, 6.07) is 6.66. The second-order valence-electron chi connectivity index (χ2n) is 18.8. The van der Waals surface area contributed by atoms with Gasteiger partial charge in [0.2, 0.25) is 11.9 Å². The molecule has 5 N–H and O–H groups in total. The van der Waals surface area contributed by atoms with Gasteiger partial charge in [0, 0.05) is 56.9 Å². The van der Waals surface area contributed by atoms with Crippen LogP contribution in [0.1, 0.15) is 98.7 Å². The zero-order valence-electron chi connectivity index (χ0n) is 42.6. The Balaban J connectivity index is 1.37. The van der Waals surface area contributed by atoms with Crippen molar-refractivity contribution in [3.63, 3.8) is 0 Å². The van der Waals surface area contributed by atoms with Gasteiger partial charge in [-0.1, -0.05) is 39.5 Å². The van der Waals surface area contributed by atoms with E-state index in [-0.39, 0.29) is 120 Å². The third-order valence-electron chi connectivity index (χ3n) is 12.2. The number of thioether (sulfide) groups is 1. The minimum atomic E-state index is -4.86. The highest BCUT2D eigenvalue weighted by Gasteiger charge is 2.40. The van der Waals surface area contributed by atoms with Gasteiger partial charge >= 0.3 is 0 Å². The molecule has 2 aliphatic carbocycles. The van der Waals surface area contributed by atoms with Crippen molar-refractivity contribution in [2.75, 3.05) is 73.2 Å². The fraction of sp³-hybridized carbons (Fsp3) is 0.468. The summed E-state index contributed by atoms with van der Waals surface area (Å²) in [5.74, 6) is 0.415. The third kappa shape index (κ3) is 12.2. The summed E-state index contributed by atoms with van der Waals surface area (Å²) in [6.07, 6.45) is 0.785. The van der Waals surface area contributed by atoms with E-state index in [9.17, 15) is 40.6 Å². The Labute approximate surface area is 442 Å². The van der Waals surface area contributed by atoms with Crippen molar-refractivity contribution >= 4 is 122 Å². The van der Waals surface area contributed by atoms with E-state index in [2.05, 4.69) is 41.1 Å². The SMILES string of the molecule is CCN(CC)c1cc(Nc2nc(Nc3cc(N(CC)CC)c(OC)cc3/N=N/c3sc4c(c3S(=O)(=O)O)CC(C)(C)CC4=O)nc(SCCO)n2)c(/N=N/c2sc3c(c2S(=O)(=O)O)CC(C)(C)CC3=O)cc1OC. The Morgan fingerprint density at radius 1 is 0.649 bits per heavy atom. The lowest BCUT2D eigenvalue weighted by molar-refractivity contribution is 0.0907. The standard InChI is InChI=1S/C47H59N11O11S5/c1-11-57(12-2)31-17-27(29(19-35(31)68-9)53-55-41-39(73(62,63)64)25-21-46(5,6)23-33(60)37(25)71-41)48-43-50-44(52-45(51-43)70-16-15-59)49-28-18-32(58(13-3)14-4)36(69-10)20-30(28)54-56-42-40(74(65,66)67)26-22-47(7,8)24-34(61)38(26)72-42/h17-20,59H,11-16,21-24H2,1-10H3,(H,62,63,64)(H,65,66,67)(H2,48,49,50,51,52)/b55-53+,56-54+. The Morgan fingerprint density at radius 2 is 1.04 bits per heavy atom. The van der Waals surface area contributed by atoms with Crippen molar-refractivity contribution in [1.29, 1.82) is 0 Å². The molecule has 7 rings (SSSR count). The molecule has 0 amide bonds. The molecule has 0 unspecified atom stereocenters. The first-order valence-corrected chi connectivity index (χ1v) is 29.0. The van der Waals surface area contributed by atoms with Gasteiger partial charge in [0.15, 0.2) is 26.7 Å². The molecule has 5 aromatic rings. The Morgan fingerprint density at radius 3 is 1.38 bits per heavy atom. The molecule has 0 bridgehead atoms. The van der Waals surface area contributed by atoms with E-state index in [0.29, 0.717) is 49.1 Å². The van der Waals surface area contributed by atoms with E-state index < -0.39 is 40.9 Å². The van der Waals surface area contributed by atoms with Crippen molar-refractivity contribution in [3.05, 3.63) is 45.1 Å². The number of anilines is 6. The van der Waals surface area contributed by atoms with Crippen molar-refractivity contribution < 1.29 is 50.1 Å². The first-order chi connectivity index (χ1) is 34.9. The Bertz CT molecular complexity index is 3070. The van der Waals surface area contributed by atoms with Gasteiger partial charge < -0.3 is 35.0 Å². The van der Waals surface area contributed by atoms with Crippen LogP contribution in [0.15, 0.2) is 59.7 Å². The average molecular weight is 1110 g/mol. The Hall–Kier alpha value is -5.68. The minimum Gasteiger partial charge on any atom is -0.494 e. The molecule has 0 radical (unpaired) electrons. The largest absolute Gasteiger partial charge is 0.494 e. The fourth-order valence-corrected chi connectivity index (χ4v) is 14.0. The zero-order chi connectivity index (χ0) is 54.1. The average Bonchev–Trinajstić information content (AvgIpc) is 3.89. The van der Waals surface area contributed by atoms with Crippen LogP contribution in [0.4, 0.5) is 56.0 Å². The molecular formula is C47H59N11O11S5. The quantitative estimate of drug-likeness (QED) is 0.0259. The number of ether oxygens (including phenoxy) is 2.